The predicted molar refractivity (Wildman–Crippen MR) is 98.4 cm³/mol. The zero-order chi connectivity index (χ0) is 18.3. The lowest BCUT2D eigenvalue weighted by Crippen LogP contribution is -2.16. The first kappa shape index (κ1) is 19.5. The fourth-order valence-corrected chi connectivity index (χ4v) is 3.49. The second-order valence-corrected chi connectivity index (χ2v) is 8.43. The third-order valence-corrected chi connectivity index (χ3v) is 5.64. The molecule has 5 nitrogen and oxygen atoms in total. The molecule has 0 aliphatic carbocycles. The molecule has 7 heteroatoms. The van der Waals surface area contributed by atoms with E-state index in [1.807, 2.05) is 19.1 Å². The predicted octanol–water partition coefficient (Wildman–Crippen LogP) is 3.54. The van der Waals surface area contributed by atoms with Gasteiger partial charge >= 0.3 is 5.97 Å². The molecule has 0 atom stereocenters. The van der Waals surface area contributed by atoms with Crippen molar-refractivity contribution in [1.29, 1.82) is 0 Å². The molecule has 0 fully saturated rings. The lowest BCUT2D eigenvalue weighted by Gasteiger charge is -2.08. The van der Waals surface area contributed by atoms with Gasteiger partial charge in [0.25, 0.3) is 0 Å². The Morgan fingerprint density at radius 1 is 1.00 bits per heavy atom. The summed E-state index contributed by atoms with van der Waals surface area (Å²) in [5, 5.41) is 0. The monoisotopic (exact) mass is 426 g/mol. The van der Waals surface area contributed by atoms with E-state index in [4.69, 9.17) is 9.47 Å². The highest BCUT2D eigenvalue weighted by atomic mass is 79.9. The summed E-state index contributed by atoms with van der Waals surface area (Å²) < 4.78 is 35.7. The van der Waals surface area contributed by atoms with Crippen LogP contribution >= 0.6 is 15.9 Å². The maximum atomic E-state index is 12.2. The van der Waals surface area contributed by atoms with Gasteiger partial charge in [0, 0.05) is 4.47 Å². The van der Waals surface area contributed by atoms with Crippen molar-refractivity contribution in [1.82, 2.24) is 0 Å². The first-order valence-electron chi connectivity index (χ1n) is 7.70. The number of esters is 1. The van der Waals surface area contributed by atoms with Gasteiger partial charge in [-0.1, -0.05) is 33.6 Å². The number of hydrogen-bond donors (Lipinski definition) is 0. The summed E-state index contributed by atoms with van der Waals surface area (Å²) in [6, 6.07) is 13.8. The van der Waals surface area contributed by atoms with Crippen LogP contribution in [0.25, 0.3) is 0 Å². The molecule has 0 N–H and O–H groups in total. The van der Waals surface area contributed by atoms with Gasteiger partial charge in [0.1, 0.15) is 19.0 Å². The molecule has 0 radical (unpaired) electrons. The van der Waals surface area contributed by atoms with Gasteiger partial charge in [-0.25, -0.2) is 8.42 Å². The molecular formula is C18H19BrO5S. The average Bonchev–Trinajstić information content (AvgIpc) is 2.59. The Bertz CT molecular complexity index is 798. The molecule has 134 valence electrons. The second-order valence-electron chi connectivity index (χ2n) is 5.40. The molecule has 0 unspecified atom stereocenters. The summed E-state index contributed by atoms with van der Waals surface area (Å²) in [5.74, 6) is -0.168. The van der Waals surface area contributed by atoms with E-state index in [0.717, 1.165) is 10.0 Å². The van der Waals surface area contributed by atoms with Crippen molar-refractivity contribution >= 4 is 31.7 Å². The van der Waals surface area contributed by atoms with Gasteiger partial charge in [-0.05, 0) is 43.3 Å². The van der Waals surface area contributed by atoms with Crippen molar-refractivity contribution in [2.24, 2.45) is 0 Å². The van der Waals surface area contributed by atoms with Crippen LogP contribution in [0, 0.1) is 6.92 Å². The topological polar surface area (TPSA) is 69.7 Å². The number of hydrogen-bond acceptors (Lipinski definition) is 5. The fraction of sp³-hybridized carbons (Fsp3) is 0.278. The van der Waals surface area contributed by atoms with E-state index in [9.17, 15) is 13.2 Å². The van der Waals surface area contributed by atoms with Crippen molar-refractivity contribution < 1.29 is 22.7 Å². The van der Waals surface area contributed by atoms with E-state index in [-0.39, 0.29) is 30.3 Å². The zero-order valence-corrected chi connectivity index (χ0v) is 16.2. The normalized spacial score (nSPS) is 11.1. The van der Waals surface area contributed by atoms with Crippen LogP contribution in [0.2, 0.25) is 0 Å². The maximum Gasteiger partial charge on any atom is 0.306 e. The molecule has 0 spiro atoms. The highest BCUT2D eigenvalue weighted by Crippen LogP contribution is 2.16. The summed E-state index contributed by atoms with van der Waals surface area (Å²) in [4.78, 5) is 11.9. The molecule has 0 saturated carbocycles. The summed E-state index contributed by atoms with van der Waals surface area (Å²) >= 11 is 3.33. The van der Waals surface area contributed by atoms with Gasteiger partial charge in [0.2, 0.25) is 0 Å². The number of sulfone groups is 1. The quantitative estimate of drug-likeness (QED) is 0.476. The molecule has 0 bridgehead atoms. The molecule has 0 heterocycles. The Kier molecular flexibility index (Phi) is 7.01. The Morgan fingerprint density at radius 3 is 2.28 bits per heavy atom. The van der Waals surface area contributed by atoms with E-state index >= 15 is 0 Å². The fourth-order valence-electron chi connectivity index (χ4n) is 2.00. The molecule has 2 rings (SSSR count). The Morgan fingerprint density at radius 2 is 1.64 bits per heavy atom. The third kappa shape index (κ3) is 6.51. The SMILES string of the molecule is Cc1ccc(S(=O)(=O)CCC(=O)OCCOc2ccc(Br)cc2)cc1. The minimum Gasteiger partial charge on any atom is -0.490 e. The van der Waals surface area contributed by atoms with Gasteiger partial charge in [-0.2, -0.15) is 0 Å². The minimum atomic E-state index is -3.49. The highest BCUT2D eigenvalue weighted by molar-refractivity contribution is 9.10. The van der Waals surface area contributed by atoms with E-state index in [1.165, 1.54) is 0 Å². The van der Waals surface area contributed by atoms with Gasteiger partial charge in [0.15, 0.2) is 9.84 Å². The molecule has 0 aliphatic heterocycles. The molecule has 25 heavy (non-hydrogen) atoms. The number of aryl methyl sites for hydroxylation is 1. The Hall–Kier alpha value is -1.86. The minimum absolute atomic E-state index is 0.0689. The Labute approximate surface area is 156 Å². The summed E-state index contributed by atoms with van der Waals surface area (Å²) in [6.45, 7) is 2.15. The van der Waals surface area contributed by atoms with Gasteiger partial charge in [0.05, 0.1) is 17.1 Å². The van der Waals surface area contributed by atoms with Crippen molar-refractivity contribution in [3.05, 3.63) is 58.6 Å². The van der Waals surface area contributed by atoms with Crippen molar-refractivity contribution in [2.45, 2.75) is 18.2 Å². The van der Waals surface area contributed by atoms with Gasteiger partial charge in [-0.15, -0.1) is 0 Å². The number of carbonyl (C=O) groups excluding carboxylic acids is 1. The van der Waals surface area contributed by atoms with Crippen LogP contribution in [0.3, 0.4) is 0 Å². The van der Waals surface area contributed by atoms with Crippen LogP contribution in [-0.2, 0) is 19.4 Å². The first-order chi connectivity index (χ1) is 11.9. The first-order valence-corrected chi connectivity index (χ1v) is 10.1. The summed E-state index contributed by atoms with van der Waals surface area (Å²) in [5.41, 5.74) is 0.976. The smallest absolute Gasteiger partial charge is 0.306 e. The molecular weight excluding hydrogens is 408 g/mol. The number of halogens is 1. The summed E-state index contributed by atoms with van der Waals surface area (Å²) in [6.07, 6.45) is -0.186. The van der Waals surface area contributed by atoms with Crippen molar-refractivity contribution in [3.8, 4) is 5.75 Å². The van der Waals surface area contributed by atoms with E-state index < -0.39 is 15.8 Å². The number of benzene rings is 2. The van der Waals surface area contributed by atoms with Crippen molar-refractivity contribution in [2.75, 3.05) is 19.0 Å². The van der Waals surface area contributed by atoms with Crippen LogP contribution in [0.1, 0.15) is 12.0 Å². The number of carbonyl (C=O) groups is 1. The van der Waals surface area contributed by atoms with Crippen LogP contribution < -0.4 is 4.74 Å². The van der Waals surface area contributed by atoms with Crippen LogP contribution in [0.5, 0.6) is 5.75 Å². The second kappa shape index (κ2) is 9.01. The highest BCUT2D eigenvalue weighted by Gasteiger charge is 2.16. The molecule has 0 aliphatic rings. The summed E-state index contributed by atoms with van der Waals surface area (Å²) in [7, 11) is -3.49. The maximum absolute atomic E-state index is 12.2. The molecule has 0 amide bonds. The standard InChI is InChI=1S/C18H19BrO5S/c1-14-2-8-17(9-3-14)25(21,22)13-10-18(20)24-12-11-23-16-6-4-15(19)5-7-16/h2-9H,10-13H2,1H3. The Balaban J connectivity index is 1.71. The van der Waals surface area contributed by atoms with Crippen LogP contribution in [0.15, 0.2) is 57.9 Å². The van der Waals surface area contributed by atoms with Gasteiger partial charge < -0.3 is 9.47 Å². The molecule has 0 saturated heterocycles. The lowest BCUT2D eigenvalue weighted by atomic mass is 10.2. The largest absolute Gasteiger partial charge is 0.490 e. The van der Waals surface area contributed by atoms with E-state index in [0.29, 0.717) is 5.75 Å². The zero-order valence-electron chi connectivity index (χ0n) is 13.8. The van der Waals surface area contributed by atoms with E-state index in [1.54, 1.807) is 36.4 Å². The van der Waals surface area contributed by atoms with Gasteiger partial charge in [-0.3, -0.25) is 4.79 Å². The third-order valence-electron chi connectivity index (χ3n) is 3.38. The lowest BCUT2D eigenvalue weighted by molar-refractivity contribution is -0.143. The number of rotatable bonds is 8. The molecule has 2 aromatic rings. The molecule has 2 aromatic carbocycles. The van der Waals surface area contributed by atoms with E-state index in [2.05, 4.69) is 15.9 Å². The van der Waals surface area contributed by atoms with Crippen LogP contribution in [0.4, 0.5) is 0 Å². The van der Waals surface area contributed by atoms with Crippen LogP contribution in [-0.4, -0.2) is 33.4 Å². The average molecular weight is 427 g/mol. The van der Waals surface area contributed by atoms with Crippen molar-refractivity contribution in [3.63, 3.8) is 0 Å². The molecule has 0 aromatic heterocycles. The number of ether oxygens (including phenoxy) is 2.